The highest BCUT2D eigenvalue weighted by Gasteiger charge is 2.30. The number of ketones is 1. The summed E-state index contributed by atoms with van der Waals surface area (Å²) < 4.78 is 27.3. The van der Waals surface area contributed by atoms with E-state index in [0.29, 0.717) is 66.1 Å². The highest BCUT2D eigenvalue weighted by Crippen LogP contribution is 2.41. The van der Waals surface area contributed by atoms with Gasteiger partial charge in [0.25, 0.3) is 0 Å². The number of likely N-dealkylation sites (tertiary alicyclic amines) is 1. The fourth-order valence-electron chi connectivity index (χ4n) is 4.88. The van der Waals surface area contributed by atoms with Gasteiger partial charge in [0.1, 0.15) is 5.78 Å². The molecule has 1 heterocycles. The molecule has 1 fully saturated rings. The van der Waals surface area contributed by atoms with Crippen LogP contribution in [0.25, 0.3) is 0 Å². The van der Waals surface area contributed by atoms with E-state index >= 15 is 0 Å². The molecule has 0 aliphatic carbocycles. The minimum Gasteiger partial charge on any atom is -0.493 e. The number of piperidine rings is 1. The zero-order valence-electron chi connectivity index (χ0n) is 24.8. The largest absolute Gasteiger partial charge is 0.493 e. The lowest BCUT2D eigenvalue weighted by molar-refractivity contribution is -0.121. The van der Waals surface area contributed by atoms with Gasteiger partial charge in [-0.25, -0.2) is 4.79 Å². The van der Waals surface area contributed by atoms with E-state index in [2.05, 4.69) is 10.2 Å². The summed E-state index contributed by atoms with van der Waals surface area (Å²) in [7, 11) is 6.07. The number of azo groups is 1. The summed E-state index contributed by atoms with van der Waals surface area (Å²) in [6.45, 7) is 4.65. The number of nitrogens with zero attached hydrogens (tertiary/aromatic N) is 3. The molecule has 11 heteroatoms. The second kappa shape index (κ2) is 15.2. The molecule has 2 atom stereocenters. The Morgan fingerprint density at radius 2 is 1.54 bits per heavy atom. The van der Waals surface area contributed by atoms with Crippen molar-refractivity contribution in [2.45, 2.75) is 64.5 Å². The summed E-state index contributed by atoms with van der Waals surface area (Å²) in [5, 5.41) is 8.60. The Kier molecular flexibility index (Phi) is 11.8. The van der Waals surface area contributed by atoms with Gasteiger partial charge in [0.05, 0.1) is 45.9 Å². The maximum atomic E-state index is 13.3. The molecule has 0 bridgehead atoms. The van der Waals surface area contributed by atoms with E-state index in [-0.39, 0.29) is 17.6 Å². The summed E-state index contributed by atoms with van der Waals surface area (Å²) >= 11 is 0. The molecule has 3 rings (SSSR count). The molecule has 0 spiro atoms. The summed E-state index contributed by atoms with van der Waals surface area (Å²) in [5.41, 5.74) is 7.00. The fourth-order valence-corrected chi connectivity index (χ4v) is 4.88. The van der Waals surface area contributed by atoms with Crippen molar-refractivity contribution in [2.24, 2.45) is 21.9 Å². The van der Waals surface area contributed by atoms with E-state index in [9.17, 15) is 9.59 Å². The number of methoxy groups -OCH3 is 4. The molecule has 1 amide bonds. The highest BCUT2D eigenvalue weighted by atomic mass is 16.6. The van der Waals surface area contributed by atoms with Crippen molar-refractivity contribution in [3.8, 4) is 28.7 Å². The zero-order valence-corrected chi connectivity index (χ0v) is 24.8. The quantitative estimate of drug-likeness (QED) is 0.281. The van der Waals surface area contributed by atoms with Gasteiger partial charge >= 0.3 is 6.09 Å². The molecule has 1 aliphatic rings. The molecule has 0 aromatic heterocycles. The summed E-state index contributed by atoms with van der Waals surface area (Å²) in [6.07, 6.45) is 3.71. The first-order valence-corrected chi connectivity index (χ1v) is 13.9. The van der Waals surface area contributed by atoms with E-state index in [4.69, 9.17) is 29.4 Å². The van der Waals surface area contributed by atoms with Crippen LogP contribution in [0.15, 0.2) is 40.6 Å². The third-order valence-electron chi connectivity index (χ3n) is 7.00. The van der Waals surface area contributed by atoms with E-state index in [1.807, 2.05) is 13.8 Å². The van der Waals surface area contributed by atoms with Gasteiger partial charge in [-0.15, -0.1) is 0 Å². The van der Waals surface area contributed by atoms with Crippen molar-refractivity contribution >= 4 is 23.3 Å². The lowest BCUT2D eigenvalue weighted by Gasteiger charge is -2.35. The molecular weight excluding hydrogens is 528 g/mol. The first kappa shape index (κ1) is 31.7. The van der Waals surface area contributed by atoms with Crippen LogP contribution >= 0.6 is 0 Å². The van der Waals surface area contributed by atoms with Gasteiger partial charge in [0, 0.05) is 37.2 Å². The second-order valence-electron chi connectivity index (χ2n) is 10.4. The number of benzene rings is 2. The molecule has 2 aromatic rings. The Hall–Kier alpha value is -3.86. The van der Waals surface area contributed by atoms with Crippen molar-refractivity contribution in [2.75, 3.05) is 35.0 Å². The van der Waals surface area contributed by atoms with Crippen LogP contribution in [0.4, 0.5) is 16.2 Å². The SMILES string of the molecule is COc1ccc(N=Nc2cc(OC)c(OC)c(OC)c2)cc1OC(=O)N1CCCCC1CCC(=O)[C@@H](N)CC(C)C. The van der Waals surface area contributed by atoms with E-state index in [0.717, 1.165) is 19.3 Å². The smallest absolute Gasteiger partial charge is 0.415 e. The highest BCUT2D eigenvalue weighted by molar-refractivity contribution is 5.83. The van der Waals surface area contributed by atoms with Gasteiger partial charge in [-0.05, 0) is 50.2 Å². The van der Waals surface area contributed by atoms with E-state index in [1.54, 1.807) is 35.2 Å². The molecule has 0 radical (unpaired) electrons. The monoisotopic (exact) mass is 570 g/mol. The number of nitrogens with two attached hydrogens (primary N) is 1. The minimum absolute atomic E-state index is 0.0319. The Labute approximate surface area is 241 Å². The molecule has 1 aliphatic heterocycles. The van der Waals surface area contributed by atoms with Crippen LogP contribution in [-0.2, 0) is 4.79 Å². The van der Waals surface area contributed by atoms with Crippen LogP contribution in [0.3, 0.4) is 0 Å². The van der Waals surface area contributed by atoms with Crippen molar-refractivity contribution < 1.29 is 33.3 Å². The van der Waals surface area contributed by atoms with Gasteiger partial charge < -0.3 is 34.3 Å². The number of carbonyl (C=O) groups excluding carboxylic acids is 2. The van der Waals surface area contributed by atoms with Crippen LogP contribution in [0.1, 0.15) is 52.4 Å². The Bertz CT molecular complexity index is 1190. The van der Waals surface area contributed by atoms with Crippen LogP contribution < -0.4 is 29.4 Å². The van der Waals surface area contributed by atoms with Crippen molar-refractivity contribution in [1.29, 1.82) is 0 Å². The lowest BCUT2D eigenvalue weighted by Crippen LogP contribution is -2.45. The molecule has 224 valence electrons. The zero-order chi connectivity index (χ0) is 29.9. The first-order chi connectivity index (χ1) is 19.7. The van der Waals surface area contributed by atoms with Crippen molar-refractivity contribution in [3.63, 3.8) is 0 Å². The molecule has 2 N–H and O–H groups in total. The molecule has 11 nitrogen and oxygen atoms in total. The van der Waals surface area contributed by atoms with Gasteiger partial charge in [-0.3, -0.25) is 4.79 Å². The van der Waals surface area contributed by atoms with Crippen LogP contribution in [-0.4, -0.2) is 63.8 Å². The van der Waals surface area contributed by atoms with Crippen molar-refractivity contribution in [1.82, 2.24) is 4.90 Å². The third kappa shape index (κ3) is 8.56. The van der Waals surface area contributed by atoms with Gasteiger partial charge in [0.15, 0.2) is 23.0 Å². The normalized spacial score (nSPS) is 16.0. The van der Waals surface area contributed by atoms with Gasteiger partial charge in [-0.2, -0.15) is 10.2 Å². The minimum atomic E-state index is -0.495. The molecule has 1 unspecified atom stereocenters. The van der Waals surface area contributed by atoms with Crippen LogP contribution in [0.2, 0.25) is 0 Å². The lowest BCUT2D eigenvalue weighted by atomic mass is 9.93. The fraction of sp³-hybridized carbons (Fsp3) is 0.533. The first-order valence-electron chi connectivity index (χ1n) is 13.9. The third-order valence-corrected chi connectivity index (χ3v) is 7.00. The summed E-state index contributed by atoms with van der Waals surface area (Å²) in [4.78, 5) is 27.6. The molecule has 0 saturated carbocycles. The maximum Gasteiger partial charge on any atom is 0.415 e. The number of carbonyl (C=O) groups is 2. The molecule has 2 aromatic carbocycles. The summed E-state index contributed by atoms with van der Waals surface area (Å²) in [6, 6.07) is 7.73. The maximum absolute atomic E-state index is 13.3. The number of amides is 1. The predicted molar refractivity (Wildman–Crippen MR) is 155 cm³/mol. The average molecular weight is 571 g/mol. The second-order valence-corrected chi connectivity index (χ2v) is 10.4. The molecule has 41 heavy (non-hydrogen) atoms. The average Bonchev–Trinajstić information content (AvgIpc) is 2.97. The Morgan fingerprint density at radius 1 is 0.902 bits per heavy atom. The molecule has 1 saturated heterocycles. The topological polar surface area (TPSA) is 134 Å². The number of hydrogen-bond acceptors (Lipinski definition) is 10. The van der Waals surface area contributed by atoms with Crippen LogP contribution in [0.5, 0.6) is 28.7 Å². The number of hydrogen-bond donors (Lipinski definition) is 1. The Morgan fingerprint density at radius 3 is 2.15 bits per heavy atom. The van der Waals surface area contributed by atoms with Gasteiger partial charge in [0.2, 0.25) is 5.75 Å². The standard InChI is InChI=1S/C30H42N4O7/c1-19(2)15-23(31)24(35)12-11-22-9-7-8-14-34(22)30(36)41-26-16-20(10-13-25(26)37-3)32-33-21-17-27(38-4)29(40-6)28(18-21)39-5/h10,13,16-19,22-23H,7-9,11-12,14-15,31H2,1-6H3/t22?,23-/m0/s1. The predicted octanol–water partition coefficient (Wildman–Crippen LogP) is 6.21. The summed E-state index contributed by atoms with van der Waals surface area (Å²) in [5.74, 6) is 2.33. The van der Waals surface area contributed by atoms with Gasteiger partial charge in [-0.1, -0.05) is 13.8 Å². The number of ether oxygens (including phenoxy) is 5. The van der Waals surface area contributed by atoms with Crippen molar-refractivity contribution in [3.05, 3.63) is 30.3 Å². The van der Waals surface area contributed by atoms with E-state index < -0.39 is 12.1 Å². The number of Topliss-reactive ketones (excluding diaryl/α,β-unsaturated/α-hetero) is 1. The van der Waals surface area contributed by atoms with Crippen LogP contribution in [0, 0.1) is 5.92 Å². The molecular formula is C30H42N4O7. The van der Waals surface area contributed by atoms with E-state index in [1.165, 1.54) is 28.4 Å². The Balaban J connectivity index is 1.74. The number of rotatable bonds is 13.